The molecule has 1 saturated heterocycles. The van der Waals surface area contributed by atoms with Gasteiger partial charge in [-0.25, -0.2) is 4.98 Å². The van der Waals surface area contributed by atoms with Gasteiger partial charge in [-0.05, 0) is 19.4 Å². The molecule has 0 radical (unpaired) electrons. The summed E-state index contributed by atoms with van der Waals surface area (Å²) in [6.07, 6.45) is 2.46. The maximum atomic E-state index is 4.54. The molecule has 2 rings (SSSR count). The Morgan fingerprint density at radius 3 is 2.81 bits per heavy atom. The van der Waals surface area contributed by atoms with Crippen LogP contribution < -0.4 is 10.6 Å². The molecule has 2 N–H and O–H groups in total. The summed E-state index contributed by atoms with van der Waals surface area (Å²) in [6, 6.07) is 0.509. The van der Waals surface area contributed by atoms with Gasteiger partial charge in [0.2, 0.25) is 5.13 Å². The molecule has 1 aromatic heterocycles. The lowest BCUT2D eigenvalue weighted by atomic mass is 9.96. The summed E-state index contributed by atoms with van der Waals surface area (Å²) < 4.78 is 4.40. The second-order valence-corrected chi connectivity index (χ2v) is 6.11. The lowest BCUT2D eigenvalue weighted by Crippen LogP contribution is -2.38. The van der Waals surface area contributed by atoms with E-state index in [0.29, 0.717) is 6.04 Å². The minimum absolute atomic E-state index is 0.0429. The highest BCUT2D eigenvalue weighted by molar-refractivity contribution is 7.09. The fourth-order valence-corrected chi connectivity index (χ4v) is 2.57. The van der Waals surface area contributed by atoms with Gasteiger partial charge >= 0.3 is 0 Å². The summed E-state index contributed by atoms with van der Waals surface area (Å²) in [5.74, 6) is 0.934. The van der Waals surface area contributed by atoms with Crippen molar-refractivity contribution in [1.82, 2.24) is 14.7 Å². The summed E-state index contributed by atoms with van der Waals surface area (Å²) in [4.78, 5) is 4.54. The van der Waals surface area contributed by atoms with E-state index < -0.39 is 0 Å². The van der Waals surface area contributed by atoms with Gasteiger partial charge in [0, 0.05) is 29.5 Å². The van der Waals surface area contributed by atoms with Crippen LogP contribution in [-0.4, -0.2) is 28.5 Å². The second-order valence-electron chi connectivity index (χ2n) is 5.36. The molecule has 0 saturated carbocycles. The van der Waals surface area contributed by atoms with Crippen LogP contribution in [0.1, 0.15) is 39.4 Å². The van der Waals surface area contributed by atoms with Gasteiger partial charge in [0.15, 0.2) is 0 Å². The van der Waals surface area contributed by atoms with Crippen LogP contribution in [0.4, 0.5) is 5.13 Å². The highest BCUT2D eigenvalue weighted by atomic mass is 32.1. The van der Waals surface area contributed by atoms with Gasteiger partial charge in [0.05, 0.1) is 0 Å². The molecular weight excluding hydrogens is 220 g/mol. The van der Waals surface area contributed by atoms with Crippen LogP contribution in [0.3, 0.4) is 0 Å². The minimum Gasteiger partial charge on any atom is -0.356 e. The van der Waals surface area contributed by atoms with Gasteiger partial charge in [-0.15, -0.1) is 0 Å². The van der Waals surface area contributed by atoms with Crippen molar-refractivity contribution in [2.45, 2.75) is 45.1 Å². The Bertz CT molecular complexity index is 336. The SMILES string of the molecule is CC(C)(C)c1nsc(NC2CCCNC2)n1. The Balaban J connectivity index is 1.97. The molecule has 0 spiro atoms. The number of nitrogens with one attached hydrogen (secondary N) is 2. The van der Waals surface area contributed by atoms with Crippen LogP contribution in [0.25, 0.3) is 0 Å². The van der Waals surface area contributed by atoms with Crippen molar-refractivity contribution < 1.29 is 0 Å². The third-order valence-electron chi connectivity index (χ3n) is 2.72. The van der Waals surface area contributed by atoms with Crippen molar-refractivity contribution in [1.29, 1.82) is 0 Å². The summed E-state index contributed by atoms with van der Waals surface area (Å²) in [5.41, 5.74) is 0.0429. The molecule has 4 nitrogen and oxygen atoms in total. The maximum absolute atomic E-state index is 4.54. The van der Waals surface area contributed by atoms with Gasteiger partial charge in [0.25, 0.3) is 0 Å². The van der Waals surface area contributed by atoms with Gasteiger partial charge < -0.3 is 10.6 Å². The third-order valence-corrected chi connectivity index (χ3v) is 3.37. The zero-order valence-corrected chi connectivity index (χ0v) is 11.0. The molecular formula is C11H20N4S. The number of aromatic nitrogens is 2. The molecule has 1 fully saturated rings. The van der Waals surface area contributed by atoms with Crippen molar-refractivity contribution in [2.75, 3.05) is 18.4 Å². The highest BCUT2D eigenvalue weighted by Gasteiger charge is 2.21. The number of anilines is 1. The molecule has 1 aliphatic rings. The smallest absolute Gasteiger partial charge is 0.202 e. The molecule has 1 atom stereocenters. The summed E-state index contributed by atoms with van der Waals surface area (Å²) in [6.45, 7) is 8.59. The largest absolute Gasteiger partial charge is 0.356 e. The molecule has 1 unspecified atom stereocenters. The van der Waals surface area contributed by atoms with Crippen molar-refractivity contribution in [3.63, 3.8) is 0 Å². The zero-order chi connectivity index (χ0) is 11.6. The van der Waals surface area contributed by atoms with Crippen LogP contribution in [0.5, 0.6) is 0 Å². The first-order valence-electron chi connectivity index (χ1n) is 5.87. The molecule has 5 heteroatoms. The average Bonchev–Trinajstić information content (AvgIpc) is 2.67. The van der Waals surface area contributed by atoms with Crippen molar-refractivity contribution in [3.05, 3.63) is 5.82 Å². The lowest BCUT2D eigenvalue weighted by molar-refractivity contribution is 0.479. The van der Waals surface area contributed by atoms with Crippen LogP contribution in [-0.2, 0) is 5.41 Å². The minimum atomic E-state index is 0.0429. The van der Waals surface area contributed by atoms with Crippen LogP contribution in [0.15, 0.2) is 0 Å². The lowest BCUT2D eigenvalue weighted by Gasteiger charge is -2.23. The monoisotopic (exact) mass is 240 g/mol. The van der Waals surface area contributed by atoms with E-state index >= 15 is 0 Å². The number of hydrogen-bond acceptors (Lipinski definition) is 5. The highest BCUT2D eigenvalue weighted by Crippen LogP contribution is 2.23. The van der Waals surface area contributed by atoms with E-state index in [0.717, 1.165) is 24.0 Å². The van der Waals surface area contributed by atoms with Gasteiger partial charge in [-0.1, -0.05) is 20.8 Å². The Labute approximate surface area is 101 Å². The van der Waals surface area contributed by atoms with Gasteiger partial charge in [-0.3, -0.25) is 0 Å². The molecule has 2 heterocycles. The van der Waals surface area contributed by atoms with E-state index in [1.54, 1.807) is 0 Å². The Hall–Kier alpha value is -0.680. The first-order valence-corrected chi connectivity index (χ1v) is 6.64. The quantitative estimate of drug-likeness (QED) is 0.830. The average molecular weight is 240 g/mol. The van der Waals surface area contributed by atoms with E-state index in [2.05, 4.69) is 40.8 Å². The summed E-state index contributed by atoms with van der Waals surface area (Å²) in [7, 11) is 0. The molecule has 16 heavy (non-hydrogen) atoms. The maximum Gasteiger partial charge on any atom is 0.202 e. The summed E-state index contributed by atoms with van der Waals surface area (Å²) >= 11 is 1.47. The Kier molecular flexibility index (Phi) is 3.44. The van der Waals surface area contributed by atoms with Crippen molar-refractivity contribution in [3.8, 4) is 0 Å². The fraction of sp³-hybridized carbons (Fsp3) is 0.818. The first kappa shape index (κ1) is 11.8. The second kappa shape index (κ2) is 4.67. The van der Waals surface area contributed by atoms with Gasteiger partial charge in [0.1, 0.15) is 5.82 Å². The third kappa shape index (κ3) is 2.92. The molecule has 0 aromatic carbocycles. The Morgan fingerprint density at radius 2 is 2.25 bits per heavy atom. The summed E-state index contributed by atoms with van der Waals surface area (Å²) in [5, 5.41) is 7.80. The predicted octanol–water partition coefficient (Wildman–Crippen LogP) is 2.00. The van der Waals surface area contributed by atoms with E-state index in [4.69, 9.17) is 0 Å². The van der Waals surface area contributed by atoms with Crippen molar-refractivity contribution in [2.24, 2.45) is 0 Å². The molecule has 90 valence electrons. The molecule has 0 aliphatic carbocycles. The number of nitrogens with zero attached hydrogens (tertiary/aromatic N) is 2. The number of rotatable bonds is 2. The van der Waals surface area contributed by atoms with Crippen LogP contribution >= 0.6 is 11.5 Å². The van der Waals surface area contributed by atoms with Crippen molar-refractivity contribution >= 4 is 16.7 Å². The molecule has 0 bridgehead atoms. The van der Waals surface area contributed by atoms with Crippen LogP contribution in [0, 0.1) is 0 Å². The van der Waals surface area contributed by atoms with Gasteiger partial charge in [-0.2, -0.15) is 4.37 Å². The van der Waals surface area contributed by atoms with E-state index in [1.165, 1.54) is 24.4 Å². The topological polar surface area (TPSA) is 49.8 Å². The molecule has 1 aromatic rings. The van der Waals surface area contributed by atoms with Crippen LogP contribution in [0.2, 0.25) is 0 Å². The van der Waals surface area contributed by atoms with E-state index in [-0.39, 0.29) is 5.41 Å². The predicted molar refractivity (Wildman–Crippen MR) is 68.1 cm³/mol. The van der Waals surface area contributed by atoms with E-state index in [1.807, 2.05) is 0 Å². The van der Waals surface area contributed by atoms with E-state index in [9.17, 15) is 0 Å². The number of hydrogen-bond donors (Lipinski definition) is 2. The fourth-order valence-electron chi connectivity index (χ4n) is 1.74. The molecule has 0 amide bonds. The first-order chi connectivity index (χ1) is 7.55. The number of piperidine rings is 1. The molecule has 1 aliphatic heterocycles. The Morgan fingerprint density at radius 1 is 1.44 bits per heavy atom. The normalized spacial score (nSPS) is 22.1. The zero-order valence-electron chi connectivity index (χ0n) is 10.2. The standard InChI is InChI=1S/C11H20N4S/c1-11(2,3)9-14-10(16-15-9)13-8-5-4-6-12-7-8/h8,12H,4-7H2,1-3H3,(H,13,14,15).